The maximum Gasteiger partial charge on any atom is 0.335 e. The molecule has 7 nitrogen and oxygen atoms in total. The maximum absolute atomic E-state index is 11.3. The fraction of sp³-hybridized carbons (Fsp3) is 0.917. The molecule has 3 aliphatic rings. The van der Waals surface area contributed by atoms with Crippen molar-refractivity contribution in [3.8, 4) is 0 Å². The molecular weight excluding hydrogens is 256 g/mol. The minimum atomic E-state index is -1.22. The van der Waals surface area contributed by atoms with E-state index in [1.807, 2.05) is 0 Å². The van der Waals surface area contributed by atoms with Gasteiger partial charge >= 0.3 is 5.97 Å². The van der Waals surface area contributed by atoms with E-state index in [9.17, 15) is 9.90 Å². The molecule has 3 fully saturated rings. The molecule has 0 saturated carbocycles. The van der Waals surface area contributed by atoms with Gasteiger partial charge in [-0.1, -0.05) is 0 Å². The van der Waals surface area contributed by atoms with Gasteiger partial charge in [0.25, 0.3) is 0 Å². The summed E-state index contributed by atoms with van der Waals surface area (Å²) in [5.74, 6) is -4.02. The van der Waals surface area contributed by atoms with E-state index >= 15 is 0 Å². The van der Waals surface area contributed by atoms with Gasteiger partial charge in [0.15, 0.2) is 17.7 Å². The lowest BCUT2D eigenvalue weighted by Crippen LogP contribution is -2.46. The van der Waals surface area contributed by atoms with Crippen molar-refractivity contribution in [2.45, 2.75) is 63.4 Å². The maximum atomic E-state index is 11.3. The van der Waals surface area contributed by atoms with Crippen LogP contribution >= 0.6 is 0 Å². The molecule has 3 aliphatic heterocycles. The van der Waals surface area contributed by atoms with Crippen LogP contribution in [-0.4, -0.2) is 53.4 Å². The van der Waals surface area contributed by atoms with Crippen molar-refractivity contribution < 1.29 is 33.6 Å². The van der Waals surface area contributed by atoms with E-state index in [0.717, 1.165) is 0 Å². The Morgan fingerprint density at radius 2 is 1.79 bits per heavy atom. The number of hydrogen-bond donors (Lipinski definition) is 1. The first-order valence-corrected chi connectivity index (χ1v) is 6.25. The molecule has 108 valence electrons. The Labute approximate surface area is 110 Å². The fourth-order valence-corrected chi connectivity index (χ4v) is 2.84. The topological polar surface area (TPSA) is 83.5 Å². The molecule has 0 unspecified atom stereocenters. The summed E-state index contributed by atoms with van der Waals surface area (Å²) >= 11 is 0. The molecule has 1 spiro atoms. The molecule has 1 N–H and O–H groups in total. The van der Waals surface area contributed by atoms with Crippen molar-refractivity contribution in [3.63, 3.8) is 0 Å². The van der Waals surface area contributed by atoms with Crippen molar-refractivity contribution in [2.24, 2.45) is 0 Å². The minimum absolute atomic E-state index is 0.115. The summed E-state index contributed by atoms with van der Waals surface area (Å²) < 4.78 is 28.3. The van der Waals surface area contributed by atoms with E-state index in [0.29, 0.717) is 0 Å². The summed E-state index contributed by atoms with van der Waals surface area (Å²) in [4.78, 5) is 11.3. The molecule has 3 saturated heterocycles. The third-order valence-electron chi connectivity index (χ3n) is 3.47. The molecule has 3 rings (SSSR count). The van der Waals surface area contributed by atoms with Gasteiger partial charge in [-0.05, 0) is 27.7 Å². The average molecular weight is 274 g/mol. The molecule has 0 aromatic rings. The molecule has 0 aromatic heterocycles. The molecule has 19 heavy (non-hydrogen) atoms. The van der Waals surface area contributed by atoms with Crippen molar-refractivity contribution in [3.05, 3.63) is 0 Å². The fourth-order valence-electron chi connectivity index (χ4n) is 2.84. The predicted octanol–water partition coefficient (Wildman–Crippen LogP) is 0.469. The summed E-state index contributed by atoms with van der Waals surface area (Å²) in [7, 11) is 0. The summed E-state index contributed by atoms with van der Waals surface area (Å²) in [5.41, 5.74) is 0. The Bertz CT molecular complexity index is 418. The van der Waals surface area contributed by atoms with E-state index in [1.54, 1.807) is 27.7 Å². The largest absolute Gasteiger partial charge is 0.479 e. The Morgan fingerprint density at radius 1 is 1.11 bits per heavy atom. The van der Waals surface area contributed by atoms with Crippen LogP contribution in [-0.2, 0) is 28.5 Å². The highest BCUT2D eigenvalue weighted by Crippen LogP contribution is 2.49. The van der Waals surface area contributed by atoms with Crippen molar-refractivity contribution in [2.75, 3.05) is 6.61 Å². The summed E-state index contributed by atoms with van der Waals surface area (Å²) in [6, 6.07) is 0. The normalized spacial score (nSPS) is 46.6. The van der Waals surface area contributed by atoms with Gasteiger partial charge in [0.05, 0.1) is 0 Å². The predicted molar refractivity (Wildman–Crippen MR) is 60.2 cm³/mol. The first kappa shape index (κ1) is 13.3. The molecule has 0 radical (unpaired) electrons. The zero-order chi connectivity index (χ0) is 14.1. The molecule has 0 aromatic carbocycles. The summed E-state index contributed by atoms with van der Waals surface area (Å²) in [6.45, 7) is 7.08. The van der Waals surface area contributed by atoms with Gasteiger partial charge in [-0.25, -0.2) is 4.79 Å². The van der Waals surface area contributed by atoms with Crippen LogP contribution in [0, 0.1) is 0 Å². The number of carbonyl (C=O) groups is 1. The van der Waals surface area contributed by atoms with Gasteiger partial charge in [0, 0.05) is 0 Å². The number of fused-ring (bicyclic) bond motifs is 2. The first-order valence-electron chi connectivity index (χ1n) is 6.25. The van der Waals surface area contributed by atoms with Crippen molar-refractivity contribution >= 4 is 5.97 Å². The quantitative estimate of drug-likeness (QED) is 0.744. The highest BCUT2D eigenvalue weighted by molar-refractivity contribution is 5.74. The second kappa shape index (κ2) is 3.67. The van der Waals surface area contributed by atoms with Gasteiger partial charge in [0.2, 0.25) is 5.79 Å². The molecule has 0 aliphatic carbocycles. The van der Waals surface area contributed by atoms with Crippen LogP contribution in [0.5, 0.6) is 0 Å². The van der Waals surface area contributed by atoms with Gasteiger partial charge in [-0.3, -0.25) is 0 Å². The average Bonchev–Trinajstić information content (AvgIpc) is 2.80. The summed E-state index contributed by atoms with van der Waals surface area (Å²) in [5, 5.41) is 9.25. The molecular formula is C12H18O7. The first-order chi connectivity index (χ1) is 8.64. The molecule has 0 amide bonds. The molecule has 7 heteroatoms. The molecule has 3 heterocycles. The van der Waals surface area contributed by atoms with Gasteiger partial charge in [0.1, 0.15) is 18.8 Å². The van der Waals surface area contributed by atoms with Crippen LogP contribution in [0.15, 0.2) is 0 Å². The van der Waals surface area contributed by atoms with Crippen LogP contribution in [0.4, 0.5) is 0 Å². The van der Waals surface area contributed by atoms with Gasteiger partial charge in [-0.2, -0.15) is 0 Å². The number of hydrogen-bond acceptors (Lipinski definition) is 6. The monoisotopic (exact) mass is 274 g/mol. The second-order valence-corrected chi connectivity index (χ2v) is 6.00. The van der Waals surface area contributed by atoms with E-state index in [2.05, 4.69) is 0 Å². The minimum Gasteiger partial charge on any atom is -0.479 e. The van der Waals surface area contributed by atoms with Crippen LogP contribution in [0.1, 0.15) is 27.7 Å². The van der Waals surface area contributed by atoms with Crippen molar-refractivity contribution in [1.29, 1.82) is 0 Å². The molecule has 4 atom stereocenters. The van der Waals surface area contributed by atoms with Gasteiger partial charge in [-0.15, -0.1) is 0 Å². The zero-order valence-corrected chi connectivity index (χ0v) is 11.3. The second-order valence-electron chi connectivity index (χ2n) is 6.00. The number of aliphatic carboxylic acids is 1. The number of ether oxygens (including phenoxy) is 5. The SMILES string of the molecule is CC1(C)O[C@H]2[C@@H](C(=O)O)O[C@@]3(COC(C)(C)O3)[C@H]2O1. The molecule has 0 bridgehead atoms. The van der Waals surface area contributed by atoms with Crippen LogP contribution in [0.25, 0.3) is 0 Å². The number of carboxylic acid groups (broad SMARTS) is 1. The number of carboxylic acids is 1. The Kier molecular flexibility index (Phi) is 2.57. The zero-order valence-electron chi connectivity index (χ0n) is 11.3. The van der Waals surface area contributed by atoms with E-state index in [1.165, 1.54) is 0 Å². The lowest BCUT2D eigenvalue weighted by atomic mass is 10.1. The smallest absolute Gasteiger partial charge is 0.335 e. The lowest BCUT2D eigenvalue weighted by molar-refractivity contribution is -0.294. The van der Waals surface area contributed by atoms with Crippen molar-refractivity contribution in [1.82, 2.24) is 0 Å². The number of rotatable bonds is 1. The van der Waals surface area contributed by atoms with E-state index in [-0.39, 0.29) is 6.61 Å². The third-order valence-corrected chi connectivity index (χ3v) is 3.47. The van der Waals surface area contributed by atoms with E-state index < -0.39 is 41.6 Å². The van der Waals surface area contributed by atoms with E-state index in [4.69, 9.17) is 23.7 Å². The van der Waals surface area contributed by atoms with Gasteiger partial charge < -0.3 is 28.8 Å². The lowest BCUT2D eigenvalue weighted by Gasteiger charge is -2.30. The highest BCUT2D eigenvalue weighted by atomic mass is 16.9. The summed E-state index contributed by atoms with van der Waals surface area (Å²) in [6.07, 6.45) is -2.44. The van der Waals surface area contributed by atoms with Crippen LogP contribution in [0.3, 0.4) is 0 Å². The highest BCUT2D eigenvalue weighted by Gasteiger charge is 2.69. The Hall–Kier alpha value is -0.730. The Morgan fingerprint density at radius 3 is 2.32 bits per heavy atom. The Balaban J connectivity index is 1.93. The third kappa shape index (κ3) is 1.96. The standard InChI is InChI=1S/C12H18O7/c1-10(2)15-5-12(19-10)8-6(7(17-12)9(13)14)16-11(3,4)18-8/h6-8H,5H2,1-4H3,(H,13,14)/t6-,7-,8-,12+/m0/s1. The van der Waals surface area contributed by atoms with Crippen LogP contribution < -0.4 is 0 Å². The van der Waals surface area contributed by atoms with Crippen LogP contribution in [0.2, 0.25) is 0 Å².